The van der Waals surface area contributed by atoms with E-state index in [1.807, 2.05) is 36.4 Å². The summed E-state index contributed by atoms with van der Waals surface area (Å²) in [5, 5.41) is 1.04. The fourth-order valence-electron chi connectivity index (χ4n) is 5.09. The number of benzene rings is 3. The minimum absolute atomic E-state index is 0.0642. The standard InChI is InChI=1S/C32H25N3O4S/c1-20(36)22-12-14-23(15-13-22)29-26(31(38)39-2)17-33-32-35(29)30(37)28(40-32)16-24-19-34(18-21-8-4-3-5-9-21)27-11-7-6-10-25(24)27/h3-17,19,29H,18H2,1-2H3/b28-16-/t29-/m0/s1. The van der Waals surface area contributed by atoms with Crippen LogP contribution in [0.4, 0.5) is 0 Å². The number of ether oxygens (including phenoxy) is 1. The molecule has 5 aromatic rings. The van der Waals surface area contributed by atoms with E-state index in [4.69, 9.17) is 4.74 Å². The van der Waals surface area contributed by atoms with Crippen LogP contribution in [0.5, 0.6) is 0 Å². The van der Waals surface area contributed by atoms with E-state index < -0.39 is 12.0 Å². The van der Waals surface area contributed by atoms with Gasteiger partial charge in [-0.3, -0.25) is 14.2 Å². The molecule has 0 N–H and O–H groups in total. The molecule has 1 atom stereocenters. The summed E-state index contributed by atoms with van der Waals surface area (Å²) in [6.45, 7) is 2.20. The molecule has 8 heteroatoms. The van der Waals surface area contributed by atoms with Crippen molar-refractivity contribution >= 4 is 40.1 Å². The number of Topliss-reactive ketones (excluding diaryl/α,β-unsaturated/α-hetero) is 1. The highest BCUT2D eigenvalue weighted by atomic mass is 32.1. The van der Waals surface area contributed by atoms with Crippen molar-refractivity contribution in [3.8, 4) is 0 Å². The third-order valence-electron chi connectivity index (χ3n) is 7.06. The Hall–Kier alpha value is -4.82. The molecule has 1 aliphatic heterocycles. The first kappa shape index (κ1) is 25.5. The van der Waals surface area contributed by atoms with Gasteiger partial charge in [-0.25, -0.2) is 9.79 Å². The molecule has 6 rings (SSSR count). The van der Waals surface area contributed by atoms with Crippen molar-refractivity contribution in [1.82, 2.24) is 9.13 Å². The Bertz CT molecular complexity index is 1980. The van der Waals surface area contributed by atoms with Crippen LogP contribution in [0.3, 0.4) is 0 Å². The quantitative estimate of drug-likeness (QED) is 0.235. The summed E-state index contributed by atoms with van der Waals surface area (Å²) in [6.07, 6.45) is 5.43. The normalized spacial score (nSPS) is 14.9. The van der Waals surface area contributed by atoms with E-state index in [1.54, 1.807) is 24.3 Å². The van der Waals surface area contributed by atoms with Gasteiger partial charge >= 0.3 is 5.97 Å². The lowest BCUT2D eigenvalue weighted by Gasteiger charge is -2.22. The number of ketones is 1. The molecule has 0 radical (unpaired) electrons. The van der Waals surface area contributed by atoms with Gasteiger partial charge in [0.05, 0.1) is 23.3 Å². The van der Waals surface area contributed by atoms with E-state index in [0.29, 0.717) is 27.0 Å². The van der Waals surface area contributed by atoms with Crippen LogP contribution in [-0.2, 0) is 16.1 Å². The van der Waals surface area contributed by atoms with Gasteiger partial charge in [0, 0.05) is 41.0 Å². The number of aromatic nitrogens is 2. The Morgan fingerprint density at radius 1 is 1.00 bits per heavy atom. The van der Waals surface area contributed by atoms with E-state index in [0.717, 1.165) is 16.5 Å². The fourth-order valence-corrected chi connectivity index (χ4v) is 6.05. The molecule has 0 spiro atoms. The highest BCUT2D eigenvalue weighted by Gasteiger charge is 2.30. The first-order valence-electron chi connectivity index (χ1n) is 12.8. The van der Waals surface area contributed by atoms with E-state index >= 15 is 0 Å². The summed E-state index contributed by atoms with van der Waals surface area (Å²) in [4.78, 5) is 43.4. The Balaban J connectivity index is 1.49. The number of para-hydroxylation sites is 1. The summed E-state index contributed by atoms with van der Waals surface area (Å²) in [6, 6.07) is 24.5. The Labute approximate surface area is 233 Å². The number of hydrogen-bond acceptors (Lipinski definition) is 6. The molecule has 3 heterocycles. The second-order valence-electron chi connectivity index (χ2n) is 9.57. The predicted octanol–water partition coefficient (Wildman–Crippen LogP) is 4.22. The van der Waals surface area contributed by atoms with E-state index in [9.17, 15) is 14.4 Å². The fraction of sp³-hybridized carbons (Fsp3) is 0.125. The van der Waals surface area contributed by atoms with Crippen molar-refractivity contribution < 1.29 is 14.3 Å². The monoisotopic (exact) mass is 547 g/mol. The molecule has 0 fully saturated rings. The number of rotatable bonds is 6. The van der Waals surface area contributed by atoms with Crippen LogP contribution < -0.4 is 14.9 Å². The summed E-state index contributed by atoms with van der Waals surface area (Å²) >= 11 is 1.27. The highest BCUT2D eigenvalue weighted by Crippen LogP contribution is 2.28. The van der Waals surface area contributed by atoms with Gasteiger partial charge in [0.25, 0.3) is 5.56 Å². The number of methoxy groups -OCH3 is 1. The number of thiazole rings is 1. The molecule has 40 heavy (non-hydrogen) atoms. The topological polar surface area (TPSA) is 82.7 Å². The maximum Gasteiger partial charge on any atom is 0.337 e. The third kappa shape index (κ3) is 4.52. The first-order chi connectivity index (χ1) is 19.4. The van der Waals surface area contributed by atoms with Gasteiger partial charge in [-0.2, -0.15) is 0 Å². The van der Waals surface area contributed by atoms with Crippen LogP contribution in [0.1, 0.15) is 40.0 Å². The van der Waals surface area contributed by atoms with E-state index in [-0.39, 0.29) is 16.9 Å². The number of esters is 1. The average molecular weight is 548 g/mol. The maximum atomic E-state index is 13.9. The smallest absolute Gasteiger partial charge is 0.337 e. The predicted molar refractivity (Wildman–Crippen MR) is 155 cm³/mol. The zero-order valence-electron chi connectivity index (χ0n) is 21.9. The molecule has 0 amide bonds. The number of fused-ring (bicyclic) bond motifs is 2. The zero-order valence-corrected chi connectivity index (χ0v) is 22.7. The first-order valence-corrected chi connectivity index (χ1v) is 13.6. The minimum Gasteiger partial charge on any atom is -0.466 e. The van der Waals surface area contributed by atoms with Crippen LogP contribution in [0, 0.1) is 0 Å². The number of carbonyl (C=O) groups is 2. The van der Waals surface area contributed by atoms with Crippen molar-refractivity contribution in [2.45, 2.75) is 19.5 Å². The molecular weight excluding hydrogens is 522 g/mol. The molecule has 0 aliphatic carbocycles. The molecule has 198 valence electrons. The van der Waals surface area contributed by atoms with Crippen LogP contribution in [0.2, 0.25) is 0 Å². The number of carbonyl (C=O) groups excluding carboxylic acids is 2. The Morgan fingerprint density at radius 2 is 1.73 bits per heavy atom. The van der Waals surface area contributed by atoms with Crippen molar-refractivity contribution in [2.75, 3.05) is 7.11 Å². The summed E-state index contributed by atoms with van der Waals surface area (Å²) in [7, 11) is 1.30. The van der Waals surface area contributed by atoms with Crippen LogP contribution in [-0.4, -0.2) is 28.0 Å². The lowest BCUT2D eigenvalue weighted by Crippen LogP contribution is -2.39. The second-order valence-corrected chi connectivity index (χ2v) is 10.6. The van der Waals surface area contributed by atoms with Gasteiger partial charge < -0.3 is 9.30 Å². The van der Waals surface area contributed by atoms with Gasteiger partial charge in [0.15, 0.2) is 10.6 Å². The molecule has 7 nitrogen and oxygen atoms in total. The molecule has 1 aliphatic rings. The van der Waals surface area contributed by atoms with Crippen molar-refractivity contribution in [3.05, 3.63) is 139 Å². The van der Waals surface area contributed by atoms with Crippen molar-refractivity contribution in [1.29, 1.82) is 0 Å². The molecule has 0 saturated heterocycles. The number of nitrogens with zero attached hydrogens (tertiary/aromatic N) is 3. The molecule has 0 bridgehead atoms. The van der Waals surface area contributed by atoms with E-state index in [2.05, 4.69) is 40.0 Å². The lowest BCUT2D eigenvalue weighted by molar-refractivity contribution is -0.136. The second kappa shape index (κ2) is 10.4. The summed E-state index contributed by atoms with van der Waals surface area (Å²) in [5.41, 5.74) is 4.40. The van der Waals surface area contributed by atoms with Crippen LogP contribution in [0.15, 0.2) is 107 Å². The average Bonchev–Trinajstić information content (AvgIpc) is 3.49. The molecule has 2 aromatic heterocycles. The third-order valence-corrected chi connectivity index (χ3v) is 8.06. The lowest BCUT2D eigenvalue weighted by atomic mass is 9.96. The van der Waals surface area contributed by atoms with Gasteiger partial charge in [0.2, 0.25) is 0 Å². The Kier molecular flexibility index (Phi) is 6.61. The summed E-state index contributed by atoms with van der Waals surface area (Å²) in [5.74, 6) is -0.631. The van der Waals surface area contributed by atoms with Crippen LogP contribution in [0.25, 0.3) is 17.0 Å². The molecule has 0 unspecified atom stereocenters. The van der Waals surface area contributed by atoms with Gasteiger partial charge in [-0.15, -0.1) is 0 Å². The SMILES string of the molecule is COC(=O)C1=CN=c2s/c(=C\c3cn(Cc4ccccc4)c4ccccc34)c(=O)n2[C@H]1c1ccc(C(C)=O)cc1. The van der Waals surface area contributed by atoms with Crippen molar-refractivity contribution in [2.24, 2.45) is 4.99 Å². The van der Waals surface area contributed by atoms with E-state index in [1.165, 1.54) is 41.7 Å². The van der Waals surface area contributed by atoms with Crippen LogP contribution >= 0.6 is 11.3 Å². The minimum atomic E-state index is -0.730. The van der Waals surface area contributed by atoms with Crippen molar-refractivity contribution in [3.63, 3.8) is 0 Å². The largest absolute Gasteiger partial charge is 0.466 e. The van der Waals surface area contributed by atoms with Gasteiger partial charge in [0.1, 0.15) is 0 Å². The Morgan fingerprint density at radius 3 is 2.45 bits per heavy atom. The summed E-state index contributed by atoms with van der Waals surface area (Å²) < 4.78 is 9.24. The van der Waals surface area contributed by atoms with Gasteiger partial charge in [-0.05, 0) is 30.2 Å². The number of hydrogen-bond donors (Lipinski definition) is 0. The molecule has 0 saturated carbocycles. The zero-order chi connectivity index (χ0) is 27.8. The molecule has 3 aromatic carbocycles. The highest BCUT2D eigenvalue weighted by molar-refractivity contribution is 7.07. The van der Waals surface area contributed by atoms with Gasteiger partial charge in [-0.1, -0.05) is 84.1 Å². The molecular formula is C32H25N3O4S. The maximum absolute atomic E-state index is 13.9.